The van der Waals surface area contributed by atoms with Gasteiger partial charge >= 0.3 is 0 Å². The Balaban J connectivity index is 2.22. The molecule has 0 aliphatic heterocycles. The number of hydrogen-bond acceptors (Lipinski definition) is 4. The highest BCUT2D eigenvalue weighted by Gasteiger charge is 2.15. The maximum Gasteiger partial charge on any atom is 0.173 e. The zero-order chi connectivity index (χ0) is 20.5. The Kier molecular flexibility index (Phi) is 8.83. The van der Waals surface area contributed by atoms with Gasteiger partial charge in [0, 0.05) is 18.8 Å². The Morgan fingerprint density at radius 3 is 2.43 bits per heavy atom. The molecule has 0 saturated carbocycles. The lowest BCUT2D eigenvalue weighted by Gasteiger charge is -2.27. The molecular weight excluding hydrogens is 394 g/mol. The molecule has 0 atom stereocenters. The molecule has 5 nitrogen and oxygen atoms in total. The van der Waals surface area contributed by atoms with Crippen molar-refractivity contribution >= 4 is 34.6 Å². The summed E-state index contributed by atoms with van der Waals surface area (Å²) in [6.07, 6.45) is 0. The monoisotopic (exact) mass is 421 g/mol. The van der Waals surface area contributed by atoms with Crippen LogP contribution in [0.4, 0.5) is 5.69 Å². The van der Waals surface area contributed by atoms with Gasteiger partial charge in [-0.3, -0.25) is 0 Å². The van der Waals surface area contributed by atoms with E-state index < -0.39 is 0 Å². The van der Waals surface area contributed by atoms with E-state index in [0.29, 0.717) is 29.0 Å². The highest BCUT2D eigenvalue weighted by atomic mass is 35.5. The summed E-state index contributed by atoms with van der Waals surface area (Å²) in [7, 11) is 5.67. The smallest absolute Gasteiger partial charge is 0.173 e. The molecule has 0 amide bonds. The van der Waals surface area contributed by atoms with Crippen molar-refractivity contribution < 1.29 is 9.47 Å². The first-order valence-corrected chi connectivity index (χ1v) is 9.98. The lowest BCUT2D eigenvalue weighted by Crippen LogP contribution is -2.42. The summed E-state index contributed by atoms with van der Waals surface area (Å²) < 4.78 is 10.8. The second-order valence-corrected chi connectivity index (χ2v) is 7.31. The van der Waals surface area contributed by atoms with E-state index in [4.69, 9.17) is 33.3 Å². The summed E-state index contributed by atoms with van der Waals surface area (Å²) in [5, 5.41) is 4.53. The van der Waals surface area contributed by atoms with Crippen molar-refractivity contribution in [1.82, 2.24) is 10.2 Å². The normalized spacial score (nSPS) is 10.6. The van der Waals surface area contributed by atoms with Gasteiger partial charge in [-0.2, -0.15) is 0 Å². The van der Waals surface area contributed by atoms with E-state index in [0.717, 1.165) is 30.1 Å². The number of likely N-dealkylation sites (N-methyl/N-ethyl adjacent to an activating group) is 1. The SMILES string of the molecule is CCOc1ccc(CN(C(=S)NCCN(C)C)c2ccc(OC)c(Cl)c2)cc1. The van der Waals surface area contributed by atoms with E-state index in [-0.39, 0.29) is 0 Å². The van der Waals surface area contributed by atoms with E-state index in [9.17, 15) is 0 Å². The van der Waals surface area contributed by atoms with Crippen molar-refractivity contribution in [2.75, 3.05) is 45.8 Å². The van der Waals surface area contributed by atoms with Crippen molar-refractivity contribution in [3.63, 3.8) is 0 Å². The maximum absolute atomic E-state index is 6.34. The van der Waals surface area contributed by atoms with Crippen LogP contribution in [-0.2, 0) is 6.54 Å². The molecular formula is C21H28ClN3O2S. The fourth-order valence-corrected chi connectivity index (χ4v) is 3.15. The number of nitrogens with one attached hydrogen (secondary N) is 1. The van der Waals surface area contributed by atoms with Gasteiger partial charge < -0.3 is 24.6 Å². The minimum Gasteiger partial charge on any atom is -0.495 e. The topological polar surface area (TPSA) is 37.0 Å². The van der Waals surface area contributed by atoms with Gasteiger partial charge in [-0.15, -0.1) is 0 Å². The summed E-state index contributed by atoms with van der Waals surface area (Å²) >= 11 is 12.0. The van der Waals surface area contributed by atoms with Crippen LogP contribution in [-0.4, -0.2) is 50.9 Å². The Hall–Kier alpha value is -2.02. The standard InChI is InChI=1S/C21H28ClN3O2S/c1-5-27-18-9-6-16(7-10-18)15-25(21(28)23-12-13-24(2)3)17-8-11-20(26-4)19(22)14-17/h6-11,14H,5,12-13,15H2,1-4H3,(H,23,28). The van der Waals surface area contributed by atoms with Crippen LogP contribution in [0.3, 0.4) is 0 Å². The molecule has 0 unspecified atom stereocenters. The molecule has 0 fully saturated rings. The van der Waals surface area contributed by atoms with Crippen LogP contribution < -0.4 is 19.7 Å². The zero-order valence-corrected chi connectivity index (χ0v) is 18.4. The summed E-state index contributed by atoms with van der Waals surface area (Å²) in [4.78, 5) is 4.14. The fraction of sp³-hybridized carbons (Fsp3) is 0.381. The second kappa shape index (κ2) is 11.1. The van der Waals surface area contributed by atoms with Gasteiger partial charge in [0.15, 0.2) is 5.11 Å². The molecule has 0 spiro atoms. The molecule has 1 N–H and O–H groups in total. The summed E-state index contributed by atoms with van der Waals surface area (Å²) in [5.41, 5.74) is 2.02. The molecule has 0 radical (unpaired) electrons. The number of thiocarbonyl (C=S) groups is 1. The van der Waals surface area contributed by atoms with E-state index in [1.54, 1.807) is 7.11 Å². The minimum absolute atomic E-state index is 0.549. The predicted molar refractivity (Wildman–Crippen MR) is 121 cm³/mol. The minimum atomic E-state index is 0.549. The molecule has 0 heterocycles. The largest absolute Gasteiger partial charge is 0.495 e. The van der Waals surface area contributed by atoms with Gasteiger partial charge in [0.1, 0.15) is 11.5 Å². The lowest BCUT2D eigenvalue weighted by atomic mass is 10.2. The van der Waals surface area contributed by atoms with Crippen LogP contribution in [0.2, 0.25) is 5.02 Å². The molecule has 152 valence electrons. The van der Waals surface area contributed by atoms with Crippen molar-refractivity contribution in [1.29, 1.82) is 0 Å². The molecule has 28 heavy (non-hydrogen) atoms. The maximum atomic E-state index is 6.34. The van der Waals surface area contributed by atoms with Crippen LogP contribution in [0.5, 0.6) is 11.5 Å². The van der Waals surface area contributed by atoms with Crippen LogP contribution in [0.25, 0.3) is 0 Å². The third-order valence-electron chi connectivity index (χ3n) is 4.10. The van der Waals surface area contributed by atoms with E-state index in [1.165, 1.54) is 0 Å². The number of anilines is 1. The third kappa shape index (κ3) is 6.55. The number of benzene rings is 2. The predicted octanol–water partition coefficient (Wildman–Crippen LogP) is 4.19. The summed E-state index contributed by atoms with van der Waals surface area (Å²) in [6.45, 7) is 4.88. The third-order valence-corrected chi connectivity index (χ3v) is 4.76. The summed E-state index contributed by atoms with van der Waals surface area (Å²) in [5.74, 6) is 1.50. The van der Waals surface area contributed by atoms with Gasteiger partial charge in [-0.1, -0.05) is 23.7 Å². The lowest BCUT2D eigenvalue weighted by molar-refractivity contribution is 0.340. The van der Waals surface area contributed by atoms with E-state index >= 15 is 0 Å². The van der Waals surface area contributed by atoms with Crippen LogP contribution in [0, 0.1) is 0 Å². The van der Waals surface area contributed by atoms with Crippen LogP contribution in [0.15, 0.2) is 42.5 Å². The quantitative estimate of drug-likeness (QED) is 0.612. The molecule has 7 heteroatoms. The Bertz CT molecular complexity index is 769. The molecule has 2 aromatic carbocycles. The molecule has 2 rings (SSSR count). The zero-order valence-electron chi connectivity index (χ0n) is 16.9. The average molecular weight is 422 g/mol. The molecule has 0 saturated heterocycles. The number of methoxy groups -OCH3 is 1. The number of ether oxygens (including phenoxy) is 2. The number of rotatable bonds is 9. The van der Waals surface area contributed by atoms with Crippen molar-refractivity contribution in [3.05, 3.63) is 53.1 Å². The van der Waals surface area contributed by atoms with E-state index in [1.807, 2.05) is 68.4 Å². The first kappa shape index (κ1) is 22.3. The average Bonchev–Trinajstić information content (AvgIpc) is 2.67. The molecule has 0 aromatic heterocycles. The van der Waals surface area contributed by atoms with Crippen molar-refractivity contribution in [3.8, 4) is 11.5 Å². The first-order valence-electron chi connectivity index (χ1n) is 9.20. The molecule has 0 aliphatic carbocycles. The number of halogens is 1. The van der Waals surface area contributed by atoms with Gasteiger partial charge in [-0.25, -0.2) is 0 Å². The van der Waals surface area contributed by atoms with Gasteiger partial charge in [0.05, 0.1) is 25.3 Å². The summed E-state index contributed by atoms with van der Waals surface area (Å²) in [6, 6.07) is 13.7. The van der Waals surface area contributed by atoms with Crippen molar-refractivity contribution in [2.45, 2.75) is 13.5 Å². The van der Waals surface area contributed by atoms with Gasteiger partial charge in [0.2, 0.25) is 0 Å². The van der Waals surface area contributed by atoms with Gasteiger partial charge in [-0.05, 0) is 69.1 Å². The highest BCUT2D eigenvalue weighted by Crippen LogP contribution is 2.30. The van der Waals surface area contributed by atoms with Crippen LogP contribution >= 0.6 is 23.8 Å². The first-order chi connectivity index (χ1) is 13.4. The molecule has 0 bridgehead atoms. The fourth-order valence-electron chi connectivity index (χ4n) is 2.63. The Morgan fingerprint density at radius 1 is 1.14 bits per heavy atom. The highest BCUT2D eigenvalue weighted by molar-refractivity contribution is 7.80. The van der Waals surface area contributed by atoms with Gasteiger partial charge in [0.25, 0.3) is 0 Å². The molecule has 0 aliphatic rings. The Labute approximate surface area is 178 Å². The Morgan fingerprint density at radius 2 is 1.86 bits per heavy atom. The second-order valence-electron chi connectivity index (χ2n) is 6.52. The van der Waals surface area contributed by atoms with Crippen LogP contribution in [0.1, 0.15) is 12.5 Å². The number of nitrogens with zero attached hydrogens (tertiary/aromatic N) is 2. The number of hydrogen-bond donors (Lipinski definition) is 1. The van der Waals surface area contributed by atoms with E-state index in [2.05, 4.69) is 10.2 Å². The molecule has 2 aromatic rings. The van der Waals surface area contributed by atoms with Crippen molar-refractivity contribution in [2.24, 2.45) is 0 Å².